The monoisotopic (exact) mass is 339 g/mol. The molecule has 0 fully saturated rings. The Balaban J connectivity index is 1.31. The second-order valence-electron chi connectivity index (χ2n) is 7.05. The Morgan fingerprint density at radius 2 is 2.16 bits per heavy atom. The van der Waals surface area contributed by atoms with Crippen molar-refractivity contribution in [1.82, 2.24) is 25.0 Å². The van der Waals surface area contributed by atoms with Crippen LogP contribution in [0.1, 0.15) is 48.1 Å². The molecule has 1 amide bonds. The Hall–Kier alpha value is -2.21. The molecule has 25 heavy (non-hydrogen) atoms. The Bertz CT molecular complexity index is 769. The third kappa shape index (κ3) is 3.44. The lowest BCUT2D eigenvalue weighted by molar-refractivity contribution is -0.122. The summed E-state index contributed by atoms with van der Waals surface area (Å²) in [5.41, 5.74) is 2.67. The molecule has 1 aromatic carbocycles. The van der Waals surface area contributed by atoms with Crippen LogP contribution in [0.4, 0.5) is 0 Å². The highest BCUT2D eigenvalue weighted by Gasteiger charge is 2.23. The molecule has 6 nitrogen and oxygen atoms in total. The van der Waals surface area contributed by atoms with Crippen molar-refractivity contribution in [2.45, 2.75) is 51.7 Å². The molecule has 2 aromatic rings. The number of nitrogens with one attached hydrogen (secondary N) is 1. The van der Waals surface area contributed by atoms with Gasteiger partial charge in [0.2, 0.25) is 5.91 Å². The van der Waals surface area contributed by atoms with Gasteiger partial charge in [-0.25, -0.2) is 0 Å². The van der Waals surface area contributed by atoms with E-state index in [-0.39, 0.29) is 11.9 Å². The first-order chi connectivity index (χ1) is 12.2. The number of hydrogen-bond donors (Lipinski definition) is 1. The number of nitrogens with zero attached hydrogens (tertiary/aromatic N) is 4. The largest absolute Gasteiger partial charge is 0.349 e. The number of fused-ring (bicyclic) bond motifs is 2. The summed E-state index contributed by atoms with van der Waals surface area (Å²) in [6.07, 6.45) is 3.83. The summed E-state index contributed by atoms with van der Waals surface area (Å²) in [4.78, 5) is 14.7. The van der Waals surface area contributed by atoms with Crippen molar-refractivity contribution >= 4 is 5.91 Å². The summed E-state index contributed by atoms with van der Waals surface area (Å²) in [5.74, 6) is 2.12. The van der Waals surface area contributed by atoms with Gasteiger partial charge in [0.1, 0.15) is 11.6 Å². The molecule has 0 spiro atoms. The summed E-state index contributed by atoms with van der Waals surface area (Å²) < 4.78 is 2.16. The molecule has 0 saturated carbocycles. The van der Waals surface area contributed by atoms with E-state index >= 15 is 0 Å². The standard InChI is InChI=1S/C19H25N5O/c1-14-21-22-18-13-23(11-12-24(14)18)10-9-19(25)20-17-8-4-6-15-5-2-3-7-16(15)17/h2-3,5,7,17H,4,6,8-13H2,1H3,(H,20,25). The van der Waals surface area contributed by atoms with Gasteiger partial charge in [0.05, 0.1) is 12.6 Å². The number of amides is 1. The van der Waals surface area contributed by atoms with Crippen LogP contribution in [0.15, 0.2) is 24.3 Å². The molecule has 2 aliphatic rings. The van der Waals surface area contributed by atoms with E-state index in [9.17, 15) is 4.79 Å². The molecule has 1 aromatic heterocycles. The molecule has 1 N–H and O–H groups in total. The van der Waals surface area contributed by atoms with Crippen LogP contribution in [0.25, 0.3) is 0 Å². The van der Waals surface area contributed by atoms with Crippen LogP contribution in [-0.4, -0.2) is 38.7 Å². The number of carbonyl (C=O) groups is 1. The second kappa shape index (κ2) is 6.96. The maximum absolute atomic E-state index is 12.4. The molecule has 1 atom stereocenters. The van der Waals surface area contributed by atoms with Gasteiger partial charge < -0.3 is 9.88 Å². The molecule has 4 rings (SSSR count). The fraction of sp³-hybridized carbons (Fsp3) is 0.526. The van der Waals surface area contributed by atoms with E-state index in [0.717, 1.165) is 57.1 Å². The number of aromatic nitrogens is 3. The van der Waals surface area contributed by atoms with Crippen LogP contribution in [0.2, 0.25) is 0 Å². The topological polar surface area (TPSA) is 63.1 Å². The van der Waals surface area contributed by atoms with E-state index in [1.165, 1.54) is 11.1 Å². The minimum Gasteiger partial charge on any atom is -0.349 e. The van der Waals surface area contributed by atoms with Crippen molar-refractivity contribution in [2.24, 2.45) is 0 Å². The lowest BCUT2D eigenvalue weighted by atomic mass is 9.87. The molecule has 6 heteroatoms. The van der Waals surface area contributed by atoms with Crippen LogP contribution < -0.4 is 5.32 Å². The van der Waals surface area contributed by atoms with Gasteiger partial charge in [-0.3, -0.25) is 9.69 Å². The zero-order valence-corrected chi connectivity index (χ0v) is 14.7. The highest BCUT2D eigenvalue weighted by Crippen LogP contribution is 2.29. The number of aryl methyl sites for hydroxylation is 2. The maximum Gasteiger partial charge on any atom is 0.221 e. The molecule has 0 saturated heterocycles. The average molecular weight is 339 g/mol. The summed E-state index contributed by atoms with van der Waals surface area (Å²) in [6, 6.07) is 8.65. The average Bonchev–Trinajstić information content (AvgIpc) is 3.01. The Morgan fingerprint density at radius 3 is 3.08 bits per heavy atom. The molecule has 1 unspecified atom stereocenters. The first-order valence-electron chi connectivity index (χ1n) is 9.19. The molecule has 0 bridgehead atoms. The third-order valence-corrected chi connectivity index (χ3v) is 5.38. The van der Waals surface area contributed by atoms with E-state index in [4.69, 9.17) is 0 Å². The SMILES string of the molecule is Cc1nnc2n1CCN(CCC(=O)NC1CCCc3ccccc31)C2. The van der Waals surface area contributed by atoms with Crippen molar-refractivity contribution < 1.29 is 4.79 Å². The molecule has 2 heterocycles. The predicted molar refractivity (Wildman–Crippen MR) is 94.9 cm³/mol. The lowest BCUT2D eigenvalue weighted by Gasteiger charge is -2.28. The van der Waals surface area contributed by atoms with Crippen molar-refractivity contribution in [2.75, 3.05) is 13.1 Å². The van der Waals surface area contributed by atoms with Gasteiger partial charge in [-0.05, 0) is 37.3 Å². The van der Waals surface area contributed by atoms with Crippen LogP contribution in [-0.2, 0) is 24.3 Å². The number of hydrogen-bond acceptors (Lipinski definition) is 4. The minimum absolute atomic E-state index is 0.143. The van der Waals surface area contributed by atoms with E-state index < -0.39 is 0 Å². The minimum atomic E-state index is 0.143. The maximum atomic E-state index is 12.4. The number of carbonyl (C=O) groups excluding carboxylic acids is 1. The lowest BCUT2D eigenvalue weighted by Crippen LogP contribution is -2.38. The van der Waals surface area contributed by atoms with E-state index in [0.29, 0.717) is 6.42 Å². The van der Waals surface area contributed by atoms with Crippen LogP contribution in [0, 0.1) is 6.92 Å². The summed E-state index contributed by atoms with van der Waals surface area (Å²) in [5, 5.41) is 11.6. The van der Waals surface area contributed by atoms with Crippen molar-refractivity contribution in [1.29, 1.82) is 0 Å². The van der Waals surface area contributed by atoms with Crippen molar-refractivity contribution in [3.05, 3.63) is 47.0 Å². The van der Waals surface area contributed by atoms with Gasteiger partial charge >= 0.3 is 0 Å². The van der Waals surface area contributed by atoms with Gasteiger partial charge in [-0.15, -0.1) is 10.2 Å². The highest BCUT2D eigenvalue weighted by atomic mass is 16.1. The fourth-order valence-electron chi connectivity index (χ4n) is 3.97. The Labute approximate surface area is 148 Å². The molecule has 0 radical (unpaired) electrons. The van der Waals surface area contributed by atoms with Gasteiger partial charge in [0, 0.05) is 26.1 Å². The molecule has 1 aliphatic heterocycles. The zero-order chi connectivity index (χ0) is 17.2. The Morgan fingerprint density at radius 1 is 1.28 bits per heavy atom. The summed E-state index contributed by atoms with van der Waals surface area (Å²) >= 11 is 0. The summed E-state index contributed by atoms with van der Waals surface area (Å²) in [6.45, 7) is 5.39. The van der Waals surface area contributed by atoms with E-state index in [1.54, 1.807) is 0 Å². The molecular formula is C19H25N5O. The van der Waals surface area contributed by atoms with Crippen LogP contribution in [0.5, 0.6) is 0 Å². The van der Waals surface area contributed by atoms with Gasteiger partial charge in [0.15, 0.2) is 0 Å². The Kier molecular flexibility index (Phi) is 4.53. The molecule has 1 aliphatic carbocycles. The zero-order valence-electron chi connectivity index (χ0n) is 14.7. The quantitative estimate of drug-likeness (QED) is 0.925. The van der Waals surface area contributed by atoms with Crippen LogP contribution in [0.3, 0.4) is 0 Å². The second-order valence-corrected chi connectivity index (χ2v) is 7.05. The number of rotatable bonds is 4. The summed E-state index contributed by atoms with van der Waals surface area (Å²) in [7, 11) is 0. The fourth-order valence-corrected chi connectivity index (χ4v) is 3.97. The predicted octanol–water partition coefficient (Wildman–Crippen LogP) is 1.99. The van der Waals surface area contributed by atoms with Gasteiger partial charge in [0.25, 0.3) is 0 Å². The smallest absolute Gasteiger partial charge is 0.221 e. The first-order valence-corrected chi connectivity index (χ1v) is 9.19. The molecule has 132 valence electrons. The first kappa shape index (κ1) is 16.3. The van der Waals surface area contributed by atoms with E-state index in [1.807, 2.05) is 6.92 Å². The highest BCUT2D eigenvalue weighted by molar-refractivity contribution is 5.76. The van der Waals surface area contributed by atoms with Crippen LogP contribution >= 0.6 is 0 Å². The van der Waals surface area contributed by atoms with E-state index in [2.05, 4.69) is 49.2 Å². The van der Waals surface area contributed by atoms with Gasteiger partial charge in [-0.1, -0.05) is 24.3 Å². The number of benzene rings is 1. The normalized spacial score (nSPS) is 20.0. The van der Waals surface area contributed by atoms with Crippen molar-refractivity contribution in [3.63, 3.8) is 0 Å². The van der Waals surface area contributed by atoms with Crippen molar-refractivity contribution in [3.8, 4) is 0 Å². The third-order valence-electron chi connectivity index (χ3n) is 5.38. The van der Waals surface area contributed by atoms with Gasteiger partial charge in [-0.2, -0.15) is 0 Å². The molecular weight excluding hydrogens is 314 g/mol.